The Balaban J connectivity index is 1.72. The van der Waals surface area contributed by atoms with Crippen LogP contribution < -0.4 is 18.9 Å². The van der Waals surface area contributed by atoms with E-state index in [0.717, 1.165) is 11.1 Å². The van der Waals surface area contributed by atoms with Crippen LogP contribution in [0.3, 0.4) is 0 Å². The van der Waals surface area contributed by atoms with Crippen molar-refractivity contribution in [3.8, 4) is 45.4 Å². The first kappa shape index (κ1) is 41.7. The maximum Gasteiger partial charge on any atom is 0.218 e. The van der Waals surface area contributed by atoms with Crippen LogP contribution in [0, 0.1) is 0 Å². The Morgan fingerprint density at radius 2 is 1.00 bits per heavy atom. The summed E-state index contributed by atoms with van der Waals surface area (Å²) in [7, 11) is 3.12. The number of benzene rings is 2. The first-order chi connectivity index (χ1) is 24.5. The predicted molar refractivity (Wildman–Crippen MR) is 219 cm³/mol. The number of nitrogens with one attached hydrogen (secondary N) is 2. The zero-order valence-corrected chi connectivity index (χ0v) is 34.2. The van der Waals surface area contributed by atoms with E-state index in [-0.39, 0.29) is 12.1 Å². The summed E-state index contributed by atoms with van der Waals surface area (Å²) in [6.45, 7) is 19.3. The van der Waals surface area contributed by atoms with Gasteiger partial charge in [0.2, 0.25) is 11.8 Å². The Kier molecular flexibility index (Phi) is 14.3. The lowest BCUT2D eigenvalue weighted by molar-refractivity contribution is 0.386. The van der Waals surface area contributed by atoms with Crippen LogP contribution in [-0.4, -0.2) is 42.8 Å². The topological polar surface area (TPSA) is 114 Å². The summed E-state index contributed by atoms with van der Waals surface area (Å²) in [5.74, 6) is 0.783. The van der Waals surface area contributed by atoms with E-state index in [0.29, 0.717) is 68.3 Å². The predicted octanol–water partition coefficient (Wildman–Crippen LogP) is 10.1. The van der Waals surface area contributed by atoms with Crippen LogP contribution in [-0.2, 0) is 22.7 Å². The monoisotopic (exact) mass is 782 g/mol. The van der Waals surface area contributed by atoms with Crippen molar-refractivity contribution in [2.24, 2.45) is 0 Å². The molecule has 4 aromatic rings. The van der Waals surface area contributed by atoms with Crippen molar-refractivity contribution in [3.63, 3.8) is 0 Å². The molecule has 8 nitrogen and oxygen atoms in total. The van der Waals surface area contributed by atoms with Crippen molar-refractivity contribution in [1.82, 2.24) is 19.4 Å². The molecule has 0 aliphatic rings. The van der Waals surface area contributed by atoms with Crippen LogP contribution >= 0.6 is 23.2 Å². The van der Waals surface area contributed by atoms with Crippen LogP contribution in [0.25, 0.3) is 33.6 Å². The van der Waals surface area contributed by atoms with E-state index in [1.807, 2.05) is 102 Å². The molecule has 2 aromatic heterocycles. The molecule has 0 fully saturated rings. The second-order valence-corrected chi connectivity index (χ2v) is 18.8. The average Bonchev–Trinajstić information content (AvgIpc) is 3.10. The summed E-state index contributed by atoms with van der Waals surface area (Å²) >= 11 is 11.6. The van der Waals surface area contributed by atoms with Crippen LogP contribution in [0.4, 0.5) is 0 Å². The van der Waals surface area contributed by atoms with Crippen molar-refractivity contribution in [2.75, 3.05) is 14.2 Å². The fourth-order valence-corrected chi connectivity index (χ4v) is 7.68. The highest BCUT2D eigenvalue weighted by Crippen LogP contribution is 2.43. The highest BCUT2D eigenvalue weighted by Gasteiger charge is 2.32. The number of pyridine rings is 2. The largest absolute Gasteiger partial charge is 0.598 e. The number of rotatable bonds is 15. The molecule has 2 N–H and O–H groups in total. The number of hydrogen-bond donors (Lipinski definition) is 2. The van der Waals surface area contributed by atoms with Gasteiger partial charge in [0, 0.05) is 56.1 Å². The zero-order chi connectivity index (χ0) is 38.4. The third kappa shape index (κ3) is 9.72. The minimum atomic E-state index is -1.32. The van der Waals surface area contributed by atoms with E-state index in [4.69, 9.17) is 42.6 Å². The number of ether oxygens (including phenoxy) is 2. The van der Waals surface area contributed by atoms with Gasteiger partial charge in [0.25, 0.3) is 0 Å². The van der Waals surface area contributed by atoms with Gasteiger partial charge < -0.3 is 18.6 Å². The maximum absolute atomic E-state index is 13.0. The molecule has 0 bridgehead atoms. The minimum absolute atomic E-state index is 0.324. The quantitative estimate of drug-likeness (QED) is 0.0905. The van der Waals surface area contributed by atoms with Gasteiger partial charge >= 0.3 is 0 Å². The van der Waals surface area contributed by atoms with Gasteiger partial charge in [-0.25, -0.2) is 9.97 Å². The van der Waals surface area contributed by atoms with Crippen molar-refractivity contribution in [2.45, 2.75) is 76.0 Å². The van der Waals surface area contributed by atoms with Gasteiger partial charge in [0.15, 0.2) is 0 Å². The summed E-state index contributed by atoms with van der Waals surface area (Å²) in [5, 5.41) is 0.925. The second kappa shape index (κ2) is 17.8. The summed E-state index contributed by atoms with van der Waals surface area (Å²) in [6.07, 6.45) is 4.60. The molecule has 0 spiro atoms. The van der Waals surface area contributed by atoms with E-state index in [1.54, 1.807) is 26.4 Å². The van der Waals surface area contributed by atoms with Gasteiger partial charge in [-0.05, 0) is 78.6 Å². The highest BCUT2D eigenvalue weighted by molar-refractivity contribution is 7.91. The SMILES string of the molecule is C=CC[C@H](N[S+]([O-])C(C)(C)C)c1ccc(-c2cccc(-c3cccc(-c4ccc([C@H](CC=C)N[S@+]([O-])C(C)(C)C)c(OC)n4)c3Cl)c2Cl)nc1OC. The number of hydrogen-bond acceptors (Lipinski definition) is 8. The lowest BCUT2D eigenvalue weighted by Gasteiger charge is -2.28. The smallest absolute Gasteiger partial charge is 0.218 e. The van der Waals surface area contributed by atoms with Crippen LogP contribution in [0.1, 0.15) is 77.6 Å². The van der Waals surface area contributed by atoms with E-state index < -0.39 is 32.2 Å². The van der Waals surface area contributed by atoms with Gasteiger partial charge in [0.05, 0.1) is 47.7 Å². The molecule has 0 radical (unpaired) electrons. The number of nitrogens with zero attached hydrogens (tertiary/aromatic N) is 2. The van der Waals surface area contributed by atoms with E-state index in [2.05, 4.69) is 22.6 Å². The molecule has 278 valence electrons. The Morgan fingerprint density at radius 1 is 0.654 bits per heavy atom. The fraction of sp³-hybridized carbons (Fsp3) is 0.350. The second-order valence-electron chi connectivity index (χ2n) is 14.1. The van der Waals surface area contributed by atoms with Crippen LogP contribution in [0.5, 0.6) is 11.8 Å². The summed E-state index contributed by atoms with van der Waals surface area (Å²) in [4.78, 5) is 9.67. The molecule has 4 rings (SSSR count). The molecule has 52 heavy (non-hydrogen) atoms. The molecule has 0 saturated heterocycles. The van der Waals surface area contributed by atoms with E-state index in [9.17, 15) is 9.11 Å². The minimum Gasteiger partial charge on any atom is -0.598 e. The van der Waals surface area contributed by atoms with Crippen molar-refractivity contribution < 1.29 is 18.6 Å². The molecule has 0 saturated carbocycles. The highest BCUT2D eigenvalue weighted by atomic mass is 35.5. The van der Waals surface area contributed by atoms with Crippen LogP contribution in [0.15, 0.2) is 86.0 Å². The van der Waals surface area contributed by atoms with E-state index >= 15 is 0 Å². The molecule has 1 unspecified atom stereocenters. The first-order valence-corrected chi connectivity index (χ1v) is 19.9. The lowest BCUT2D eigenvalue weighted by Crippen LogP contribution is -2.41. The van der Waals surface area contributed by atoms with Crippen molar-refractivity contribution >= 4 is 45.9 Å². The fourth-order valence-electron chi connectivity index (χ4n) is 5.36. The molecule has 0 aliphatic heterocycles. The van der Waals surface area contributed by atoms with Crippen LogP contribution in [0.2, 0.25) is 10.0 Å². The Bertz CT molecular complexity index is 1740. The van der Waals surface area contributed by atoms with Gasteiger partial charge in [0.1, 0.15) is 9.49 Å². The summed E-state index contributed by atoms with van der Waals surface area (Å²) in [5.41, 5.74) is 5.53. The lowest BCUT2D eigenvalue weighted by atomic mass is 9.97. The average molecular weight is 784 g/mol. The standard InChI is InChI=1S/C40H48Cl2N4O4S2/c1-11-15-33(45-51(47)39(3,4)5)29-21-23-31(43-37(29)49-9)27-19-13-17-25(35(27)41)26-18-14-20-28(36(26)42)32-24-22-30(38(44-32)50-10)34(16-12-2)46-52(48)40(6,7)8/h11-14,17-24,33-34,45-46H,1-2,15-16H2,3-10H3/t33-,34-,51+,52?/m0/s1. The molecule has 2 heterocycles. The van der Waals surface area contributed by atoms with Crippen molar-refractivity contribution in [3.05, 3.63) is 107 Å². The molecule has 12 heteroatoms. The Hall–Kier alpha value is -3.06. The maximum atomic E-state index is 13.0. The Labute approximate surface area is 325 Å². The van der Waals surface area contributed by atoms with Crippen molar-refractivity contribution in [1.29, 1.82) is 0 Å². The van der Waals surface area contributed by atoms with Gasteiger partial charge in [-0.2, -0.15) is 0 Å². The van der Waals surface area contributed by atoms with Gasteiger partial charge in [-0.3, -0.25) is 0 Å². The molecule has 0 amide bonds. The third-order valence-electron chi connectivity index (χ3n) is 8.17. The normalized spacial score (nSPS) is 14.3. The van der Waals surface area contributed by atoms with Gasteiger partial charge in [-0.1, -0.05) is 71.8 Å². The summed E-state index contributed by atoms with van der Waals surface area (Å²) < 4.78 is 43.0. The third-order valence-corrected chi connectivity index (χ3v) is 12.2. The van der Waals surface area contributed by atoms with Gasteiger partial charge in [-0.15, -0.1) is 22.6 Å². The zero-order valence-electron chi connectivity index (χ0n) is 31.0. The number of aromatic nitrogens is 2. The summed E-state index contributed by atoms with van der Waals surface area (Å²) in [6, 6.07) is 18.3. The number of halogens is 2. The molecule has 0 aliphatic carbocycles. The molecular formula is C40H48Cl2N4O4S2. The van der Waals surface area contributed by atoms with E-state index in [1.165, 1.54) is 0 Å². The molecule has 2 aromatic carbocycles. The number of methoxy groups -OCH3 is 2. The molecular weight excluding hydrogens is 736 g/mol. The molecule has 4 atom stereocenters. The Morgan fingerprint density at radius 3 is 1.31 bits per heavy atom. The first-order valence-electron chi connectivity index (χ1n) is 16.8.